The third-order valence-electron chi connectivity index (χ3n) is 4.25. The Bertz CT molecular complexity index is 891. The number of rotatable bonds is 6. The van der Waals surface area contributed by atoms with Gasteiger partial charge in [0.1, 0.15) is 5.82 Å². The lowest BCUT2D eigenvalue weighted by molar-refractivity contribution is -0.115. The predicted octanol–water partition coefficient (Wildman–Crippen LogP) is 4.26. The summed E-state index contributed by atoms with van der Waals surface area (Å²) in [5.74, 6) is 1.42. The van der Waals surface area contributed by atoms with Crippen molar-refractivity contribution in [1.82, 2.24) is 14.8 Å². The summed E-state index contributed by atoms with van der Waals surface area (Å²) in [6.45, 7) is 1.88. The molecule has 1 aromatic heterocycles. The number of para-hydroxylation sites is 2. The van der Waals surface area contributed by atoms with Crippen LogP contribution in [0.15, 0.2) is 65.8 Å². The Morgan fingerprint density at radius 2 is 1.77 bits per heavy atom. The molecule has 26 heavy (non-hydrogen) atoms. The normalized spacial score (nSPS) is 14.8. The summed E-state index contributed by atoms with van der Waals surface area (Å²) in [7, 11) is 0. The summed E-state index contributed by atoms with van der Waals surface area (Å²) in [6.07, 6.45) is 2.30. The van der Waals surface area contributed by atoms with Gasteiger partial charge in [0.15, 0.2) is 0 Å². The molecule has 2 aromatic carbocycles. The van der Waals surface area contributed by atoms with Crippen LogP contribution in [-0.4, -0.2) is 25.9 Å². The van der Waals surface area contributed by atoms with Crippen molar-refractivity contribution in [2.75, 3.05) is 5.32 Å². The largest absolute Gasteiger partial charge is 0.325 e. The fraction of sp³-hybridized carbons (Fsp3) is 0.250. The number of nitrogens with zero attached hydrogens (tertiary/aromatic N) is 3. The monoisotopic (exact) mass is 364 g/mol. The maximum absolute atomic E-state index is 12.4. The van der Waals surface area contributed by atoms with Crippen molar-refractivity contribution in [2.45, 2.75) is 36.1 Å². The minimum Gasteiger partial charge on any atom is -0.325 e. The molecule has 1 atom stereocenters. The van der Waals surface area contributed by atoms with Gasteiger partial charge in [-0.25, -0.2) is 9.67 Å². The summed E-state index contributed by atoms with van der Waals surface area (Å²) in [4.78, 5) is 17.1. The van der Waals surface area contributed by atoms with Gasteiger partial charge in [0, 0.05) is 11.6 Å². The number of nitrogens with one attached hydrogen (secondary N) is 1. The number of amides is 1. The van der Waals surface area contributed by atoms with Crippen molar-refractivity contribution in [3.63, 3.8) is 0 Å². The molecule has 132 valence electrons. The lowest BCUT2D eigenvalue weighted by Gasteiger charge is -2.09. The SMILES string of the molecule is C[C@H](Sc1nc(C2CC2)n(-c2ccccc2)n1)C(=O)Nc1ccccc1. The number of anilines is 1. The Labute approximate surface area is 156 Å². The molecule has 1 aliphatic carbocycles. The molecule has 0 spiro atoms. The number of hydrogen-bond donors (Lipinski definition) is 1. The number of benzene rings is 2. The zero-order chi connectivity index (χ0) is 17.9. The van der Waals surface area contributed by atoms with Crippen molar-refractivity contribution >= 4 is 23.4 Å². The fourth-order valence-corrected chi connectivity index (χ4v) is 3.45. The highest BCUT2D eigenvalue weighted by Gasteiger charge is 2.31. The summed E-state index contributed by atoms with van der Waals surface area (Å²) < 4.78 is 1.92. The first-order chi connectivity index (χ1) is 12.7. The summed E-state index contributed by atoms with van der Waals surface area (Å²) in [5.41, 5.74) is 1.81. The quantitative estimate of drug-likeness (QED) is 0.664. The Hall–Kier alpha value is -2.60. The van der Waals surface area contributed by atoms with E-state index in [-0.39, 0.29) is 11.2 Å². The molecule has 1 heterocycles. The minimum atomic E-state index is -0.283. The zero-order valence-electron chi connectivity index (χ0n) is 14.5. The van der Waals surface area contributed by atoms with E-state index in [2.05, 4.69) is 10.4 Å². The first-order valence-corrected chi connectivity index (χ1v) is 9.63. The summed E-state index contributed by atoms with van der Waals surface area (Å²) in [5, 5.41) is 7.95. The third kappa shape index (κ3) is 3.80. The molecule has 0 aliphatic heterocycles. The molecule has 0 bridgehead atoms. The summed E-state index contributed by atoms with van der Waals surface area (Å²) >= 11 is 1.39. The van der Waals surface area contributed by atoms with Crippen LogP contribution in [0.4, 0.5) is 5.69 Å². The molecule has 1 N–H and O–H groups in total. The Balaban J connectivity index is 1.50. The highest BCUT2D eigenvalue weighted by molar-refractivity contribution is 8.00. The molecule has 1 aliphatic rings. The molecule has 1 amide bonds. The van der Waals surface area contributed by atoms with Gasteiger partial charge in [0.05, 0.1) is 10.9 Å². The van der Waals surface area contributed by atoms with Crippen LogP contribution in [0.3, 0.4) is 0 Å². The molecule has 0 radical (unpaired) electrons. The van der Waals surface area contributed by atoms with Crippen molar-refractivity contribution in [3.8, 4) is 5.69 Å². The van der Waals surface area contributed by atoms with Crippen molar-refractivity contribution in [3.05, 3.63) is 66.5 Å². The van der Waals surface area contributed by atoms with Gasteiger partial charge < -0.3 is 5.32 Å². The maximum atomic E-state index is 12.4. The maximum Gasteiger partial charge on any atom is 0.237 e. The molecule has 4 rings (SSSR count). The Morgan fingerprint density at radius 3 is 2.42 bits per heavy atom. The van der Waals surface area contributed by atoms with Gasteiger partial charge >= 0.3 is 0 Å². The first-order valence-electron chi connectivity index (χ1n) is 8.75. The zero-order valence-corrected chi connectivity index (χ0v) is 15.3. The molecule has 3 aromatic rings. The second kappa shape index (κ2) is 7.33. The van der Waals surface area contributed by atoms with E-state index in [9.17, 15) is 4.79 Å². The second-order valence-electron chi connectivity index (χ2n) is 6.39. The standard InChI is InChI=1S/C20H20N4OS/c1-14(19(25)21-16-8-4-2-5-9-16)26-20-22-18(15-12-13-15)24(23-20)17-10-6-3-7-11-17/h2-11,14-15H,12-13H2,1H3,(H,21,25)/t14-/m0/s1. The van der Waals surface area contributed by atoms with Gasteiger partial charge in [0.25, 0.3) is 0 Å². The number of aromatic nitrogens is 3. The second-order valence-corrected chi connectivity index (χ2v) is 7.70. The lowest BCUT2D eigenvalue weighted by atomic mass is 10.3. The van der Waals surface area contributed by atoms with Gasteiger partial charge in [0.2, 0.25) is 11.1 Å². The van der Waals surface area contributed by atoms with E-state index in [0.29, 0.717) is 11.1 Å². The van der Waals surface area contributed by atoms with Crippen molar-refractivity contribution in [2.24, 2.45) is 0 Å². The Morgan fingerprint density at radius 1 is 1.12 bits per heavy atom. The average Bonchev–Trinajstić information content (AvgIpc) is 3.43. The van der Waals surface area contributed by atoms with Crippen LogP contribution in [0.5, 0.6) is 0 Å². The number of carbonyl (C=O) groups excluding carboxylic acids is 1. The van der Waals surface area contributed by atoms with Crippen LogP contribution in [-0.2, 0) is 4.79 Å². The molecule has 1 fully saturated rings. The molecular weight excluding hydrogens is 344 g/mol. The molecule has 0 unspecified atom stereocenters. The van der Waals surface area contributed by atoms with E-state index >= 15 is 0 Å². The van der Waals surface area contributed by atoms with Crippen LogP contribution >= 0.6 is 11.8 Å². The van der Waals surface area contributed by atoms with Gasteiger partial charge in [-0.05, 0) is 44.0 Å². The first kappa shape index (κ1) is 16.8. The van der Waals surface area contributed by atoms with Gasteiger partial charge in [-0.15, -0.1) is 5.10 Å². The van der Waals surface area contributed by atoms with Crippen LogP contribution in [0.2, 0.25) is 0 Å². The fourth-order valence-electron chi connectivity index (χ4n) is 2.70. The van der Waals surface area contributed by atoms with E-state index in [0.717, 1.165) is 30.0 Å². The van der Waals surface area contributed by atoms with E-state index in [1.54, 1.807) is 0 Å². The van der Waals surface area contributed by atoms with Gasteiger partial charge in [-0.1, -0.05) is 48.2 Å². The minimum absolute atomic E-state index is 0.0507. The van der Waals surface area contributed by atoms with Crippen LogP contribution < -0.4 is 5.32 Å². The van der Waals surface area contributed by atoms with Gasteiger partial charge in [-0.2, -0.15) is 0 Å². The highest BCUT2D eigenvalue weighted by Crippen LogP contribution is 2.40. The average molecular weight is 364 g/mol. The summed E-state index contributed by atoms with van der Waals surface area (Å²) in [6, 6.07) is 19.5. The van der Waals surface area contributed by atoms with E-state index in [4.69, 9.17) is 4.98 Å². The van der Waals surface area contributed by atoms with E-state index in [1.807, 2.05) is 72.3 Å². The van der Waals surface area contributed by atoms with Crippen LogP contribution in [0.25, 0.3) is 5.69 Å². The number of carbonyl (C=O) groups is 1. The number of hydrogen-bond acceptors (Lipinski definition) is 4. The van der Waals surface area contributed by atoms with Gasteiger partial charge in [-0.3, -0.25) is 4.79 Å². The van der Waals surface area contributed by atoms with Crippen molar-refractivity contribution in [1.29, 1.82) is 0 Å². The molecule has 5 nitrogen and oxygen atoms in total. The molecule has 0 saturated heterocycles. The van der Waals surface area contributed by atoms with Crippen LogP contribution in [0.1, 0.15) is 31.5 Å². The molecule has 1 saturated carbocycles. The van der Waals surface area contributed by atoms with Crippen molar-refractivity contribution < 1.29 is 4.79 Å². The lowest BCUT2D eigenvalue weighted by Crippen LogP contribution is -2.22. The van der Waals surface area contributed by atoms with E-state index in [1.165, 1.54) is 11.8 Å². The van der Waals surface area contributed by atoms with Crippen LogP contribution in [0, 0.1) is 0 Å². The van der Waals surface area contributed by atoms with E-state index < -0.39 is 0 Å². The molecular formula is C20H20N4OS. The topological polar surface area (TPSA) is 59.8 Å². The molecule has 6 heteroatoms. The number of thioether (sulfide) groups is 1. The Kier molecular flexibility index (Phi) is 4.75. The predicted molar refractivity (Wildman–Crippen MR) is 104 cm³/mol. The highest BCUT2D eigenvalue weighted by atomic mass is 32.2. The smallest absolute Gasteiger partial charge is 0.237 e. The third-order valence-corrected chi connectivity index (χ3v) is 5.20.